The standard InChI is InChI=1S/C32H43BN2O6/c1-30(2)31(3,4)41-33(40-30)19-12-11-18-32(28(36)38-22-24-13-7-5-8-14-24)26-17-20-34-27(26)21-35(32)29(37)39-23-25-15-9-6-10-16-25/h5-10,13-16,26-27,34H,11-12,17-23H2,1-4H3/t26-,27-,32+/m0/s1. The van der Waals surface area contributed by atoms with Gasteiger partial charge in [0.05, 0.1) is 11.2 Å². The van der Waals surface area contributed by atoms with Gasteiger partial charge >= 0.3 is 19.2 Å². The fraction of sp³-hybridized carbons (Fsp3) is 0.562. The van der Waals surface area contributed by atoms with Crippen molar-refractivity contribution in [1.29, 1.82) is 0 Å². The zero-order valence-electron chi connectivity index (χ0n) is 24.8. The number of hydrogen-bond acceptors (Lipinski definition) is 7. The Labute approximate surface area is 244 Å². The summed E-state index contributed by atoms with van der Waals surface area (Å²) in [5.74, 6) is -0.406. The molecule has 3 atom stereocenters. The summed E-state index contributed by atoms with van der Waals surface area (Å²) >= 11 is 0. The Balaban J connectivity index is 1.33. The van der Waals surface area contributed by atoms with Gasteiger partial charge < -0.3 is 24.1 Å². The maximum absolute atomic E-state index is 14.1. The van der Waals surface area contributed by atoms with Gasteiger partial charge in [0.15, 0.2) is 0 Å². The highest BCUT2D eigenvalue weighted by molar-refractivity contribution is 6.45. The molecule has 3 aliphatic heterocycles. The van der Waals surface area contributed by atoms with Gasteiger partial charge in [-0.2, -0.15) is 0 Å². The van der Waals surface area contributed by atoms with Gasteiger partial charge in [0.1, 0.15) is 18.8 Å². The SMILES string of the molecule is CC1(C)OB(CCCC[C@]2(C(=O)OCc3ccccc3)[C@H]3CCN[C@H]3CN2C(=O)OCc2ccccc2)OC1(C)C. The quantitative estimate of drug-likeness (QED) is 0.237. The number of esters is 1. The summed E-state index contributed by atoms with van der Waals surface area (Å²) in [6.07, 6.45) is 3.03. The molecule has 1 amide bonds. The number of ether oxygens (including phenoxy) is 2. The summed E-state index contributed by atoms with van der Waals surface area (Å²) < 4.78 is 24.2. The number of amides is 1. The number of unbranched alkanes of at least 4 members (excludes halogenated alkanes) is 1. The van der Waals surface area contributed by atoms with Crippen molar-refractivity contribution in [3.8, 4) is 0 Å². The molecule has 5 rings (SSSR count). The van der Waals surface area contributed by atoms with Crippen LogP contribution in [0.2, 0.25) is 6.32 Å². The predicted octanol–water partition coefficient (Wildman–Crippen LogP) is 5.36. The lowest BCUT2D eigenvalue weighted by Crippen LogP contribution is -2.57. The molecule has 1 N–H and O–H groups in total. The van der Waals surface area contributed by atoms with Gasteiger partial charge in [0, 0.05) is 18.5 Å². The van der Waals surface area contributed by atoms with Crippen molar-refractivity contribution >= 4 is 19.2 Å². The molecule has 0 radical (unpaired) electrons. The van der Waals surface area contributed by atoms with Gasteiger partial charge in [-0.3, -0.25) is 4.90 Å². The van der Waals surface area contributed by atoms with Crippen LogP contribution in [0.25, 0.3) is 0 Å². The van der Waals surface area contributed by atoms with Crippen molar-refractivity contribution in [2.75, 3.05) is 13.1 Å². The lowest BCUT2D eigenvalue weighted by Gasteiger charge is -2.39. The molecule has 0 bridgehead atoms. The molecular weight excluding hydrogens is 519 g/mol. The molecule has 0 unspecified atom stereocenters. The number of hydrogen-bond donors (Lipinski definition) is 1. The molecule has 0 saturated carbocycles. The third kappa shape index (κ3) is 6.18. The van der Waals surface area contributed by atoms with Crippen LogP contribution in [-0.2, 0) is 36.8 Å². The number of carbonyl (C=O) groups excluding carboxylic acids is 2. The fourth-order valence-corrected chi connectivity index (χ4v) is 6.45. The lowest BCUT2D eigenvalue weighted by atomic mass is 9.76. The summed E-state index contributed by atoms with van der Waals surface area (Å²) in [5, 5.41) is 3.52. The third-order valence-electron chi connectivity index (χ3n) is 9.36. The van der Waals surface area contributed by atoms with E-state index in [1.54, 1.807) is 4.90 Å². The number of nitrogens with zero attached hydrogens (tertiary/aromatic N) is 1. The number of benzene rings is 2. The molecule has 3 aliphatic rings. The van der Waals surface area contributed by atoms with Gasteiger partial charge in [0.25, 0.3) is 0 Å². The van der Waals surface area contributed by atoms with Crippen LogP contribution in [0.15, 0.2) is 60.7 Å². The number of carbonyl (C=O) groups is 2. The zero-order chi connectivity index (χ0) is 29.1. The Hall–Kier alpha value is -2.88. The minimum Gasteiger partial charge on any atom is -0.459 e. The summed E-state index contributed by atoms with van der Waals surface area (Å²) in [7, 11) is -0.294. The Morgan fingerprint density at radius 1 is 0.902 bits per heavy atom. The van der Waals surface area contributed by atoms with Crippen molar-refractivity contribution in [3.05, 3.63) is 71.8 Å². The van der Waals surface area contributed by atoms with Crippen LogP contribution in [-0.4, -0.2) is 60.0 Å². The smallest absolute Gasteiger partial charge is 0.457 e. The zero-order valence-corrected chi connectivity index (χ0v) is 24.8. The van der Waals surface area contributed by atoms with E-state index < -0.39 is 11.6 Å². The molecule has 3 fully saturated rings. The van der Waals surface area contributed by atoms with E-state index in [2.05, 4.69) is 33.0 Å². The third-order valence-corrected chi connectivity index (χ3v) is 9.36. The van der Waals surface area contributed by atoms with Crippen LogP contribution in [0.5, 0.6) is 0 Å². The lowest BCUT2D eigenvalue weighted by molar-refractivity contribution is -0.160. The van der Waals surface area contributed by atoms with Crippen molar-refractivity contribution in [3.63, 3.8) is 0 Å². The minimum absolute atomic E-state index is 0.0200. The highest BCUT2D eigenvalue weighted by Crippen LogP contribution is 2.45. The molecule has 220 valence electrons. The van der Waals surface area contributed by atoms with Gasteiger partial charge in [-0.15, -0.1) is 0 Å². The molecule has 2 aromatic rings. The first-order valence-electron chi connectivity index (χ1n) is 14.9. The first-order chi connectivity index (χ1) is 19.6. The van der Waals surface area contributed by atoms with Crippen LogP contribution in [0.1, 0.15) is 64.5 Å². The maximum atomic E-state index is 14.1. The summed E-state index contributed by atoms with van der Waals surface area (Å²) in [6.45, 7) is 9.73. The van der Waals surface area contributed by atoms with Crippen LogP contribution in [0.3, 0.4) is 0 Å². The first-order valence-corrected chi connectivity index (χ1v) is 14.9. The average molecular weight is 563 g/mol. The Bertz CT molecular complexity index is 1180. The molecule has 3 saturated heterocycles. The average Bonchev–Trinajstić information content (AvgIpc) is 3.60. The summed E-state index contributed by atoms with van der Waals surface area (Å²) in [5.41, 5.74) is -0.0550. The van der Waals surface area contributed by atoms with Crippen molar-refractivity contribution in [2.45, 2.75) is 95.7 Å². The van der Waals surface area contributed by atoms with Gasteiger partial charge in [-0.1, -0.05) is 73.5 Å². The first kappa shape index (κ1) is 29.6. The van der Waals surface area contributed by atoms with E-state index in [1.165, 1.54) is 0 Å². The highest BCUT2D eigenvalue weighted by atomic mass is 16.7. The normalized spacial score (nSPS) is 26.1. The fourth-order valence-electron chi connectivity index (χ4n) is 6.45. The predicted molar refractivity (Wildman–Crippen MR) is 157 cm³/mol. The molecule has 2 aromatic carbocycles. The second kappa shape index (κ2) is 12.2. The van der Waals surface area contributed by atoms with E-state index in [1.807, 2.05) is 60.7 Å². The van der Waals surface area contributed by atoms with Gasteiger partial charge in [-0.25, -0.2) is 9.59 Å². The molecule has 0 spiro atoms. The van der Waals surface area contributed by atoms with Crippen LogP contribution < -0.4 is 5.32 Å². The number of nitrogens with one attached hydrogen (secondary N) is 1. The number of rotatable bonds is 10. The summed E-state index contributed by atoms with van der Waals surface area (Å²) in [6, 6.07) is 19.3. The molecule has 8 nitrogen and oxygen atoms in total. The van der Waals surface area contributed by atoms with Crippen molar-refractivity contribution < 1.29 is 28.4 Å². The Morgan fingerprint density at radius 2 is 1.49 bits per heavy atom. The largest absolute Gasteiger partial charge is 0.459 e. The molecule has 0 aromatic heterocycles. The molecule has 0 aliphatic carbocycles. The molecule has 9 heteroatoms. The van der Waals surface area contributed by atoms with Crippen LogP contribution in [0.4, 0.5) is 4.79 Å². The molecule has 3 heterocycles. The molecule has 41 heavy (non-hydrogen) atoms. The van der Waals surface area contributed by atoms with Crippen LogP contribution in [0, 0.1) is 5.92 Å². The van der Waals surface area contributed by atoms with E-state index >= 15 is 0 Å². The maximum Gasteiger partial charge on any atom is 0.457 e. The van der Waals surface area contributed by atoms with E-state index in [0.717, 1.165) is 36.9 Å². The number of likely N-dealkylation sites (tertiary alicyclic amines) is 1. The van der Waals surface area contributed by atoms with Crippen molar-refractivity contribution in [2.24, 2.45) is 5.92 Å². The number of fused-ring (bicyclic) bond motifs is 1. The second-order valence-electron chi connectivity index (χ2n) is 12.5. The Kier molecular flexibility index (Phi) is 8.78. The Morgan fingerprint density at radius 3 is 2.10 bits per heavy atom. The van der Waals surface area contributed by atoms with E-state index in [9.17, 15) is 9.59 Å². The van der Waals surface area contributed by atoms with E-state index in [4.69, 9.17) is 18.8 Å². The van der Waals surface area contributed by atoms with E-state index in [0.29, 0.717) is 19.3 Å². The van der Waals surface area contributed by atoms with Gasteiger partial charge in [0.2, 0.25) is 0 Å². The topological polar surface area (TPSA) is 86.3 Å². The second-order valence-corrected chi connectivity index (χ2v) is 12.5. The van der Waals surface area contributed by atoms with Crippen molar-refractivity contribution in [1.82, 2.24) is 10.2 Å². The monoisotopic (exact) mass is 562 g/mol. The highest BCUT2D eigenvalue weighted by Gasteiger charge is 2.62. The summed E-state index contributed by atoms with van der Waals surface area (Å²) in [4.78, 5) is 29.5. The van der Waals surface area contributed by atoms with E-state index in [-0.39, 0.29) is 49.5 Å². The van der Waals surface area contributed by atoms with Gasteiger partial charge in [-0.05, 0) is 64.5 Å². The van der Waals surface area contributed by atoms with Crippen LogP contribution >= 0.6 is 0 Å². The molecular formula is C32H43BN2O6. The minimum atomic E-state index is -1.10.